The van der Waals surface area contributed by atoms with Crippen LogP contribution in [0.15, 0.2) is 42.5 Å². The van der Waals surface area contributed by atoms with Gasteiger partial charge in [0, 0.05) is 17.5 Å². The third-order valence-electron chi connectivity index (χ3n) is 7.59. The maximum atomic E-state index is 14.1. The van der Waals surface area contributed by atoms with Crippen LogP contribution in [-0.4, -0.2) is 50.1 Å². The molecule has 2 aromatic heterocycles. The van der Waals surface area contributed by atoms with Gasteiger partial charge in [0.15, 0.2) is 5.79 Å². The van der Waals surface area contributed by atoms with Crippen molar-refractivity contribution in [3.8, 4) is 22.4 Å². The molecule has 0 radical (unpaired) electrons. The predicted molar refractivity (Wildman–Crippen MR) is 156 cm³/mol. The number of nitrogens with zero attached hydrogens (tertiary/aromatic N) is 2. The lowest BCUT2D eigenvalue weighted by Crippen LogP contribution is -2.44. The molecule has 1 saturated heterocycles. The molecule has 2 N–H and O–H groups in total. The smallest absolute Gasteiger partial charge is 0.354 e. The highest BCUT2D eigenvalue weighted by Gasteiger charge is 2.35. The zero-order chi connectivity index (χ0) is 30.2. The van der Waals surface area contributed by atoms with E-state index in [4.69, 9.17) is 14.5 Å². The maximum absolute atomic E-state index is 14.1. The molecule has 0 spiro atoms. The van der Waals surface area contributed by atoms with E-state index in [9.17, 15) is 24.2 Å². The van der Waals surface area contributed by atoms with Crippen molar-refractivity contribution in [2.24, 2.45) is 0 Å². The minimum absolute atomic E-state index is 0.000169. The third kappa shape index (κ3) is 6.27. The standard InChI is InChI=1S/C33H35FN2O6/c1-18(2)30-25(13-12-21-16-22(17-28(37)38)42-33(3,4)41-21)29(19-8-10-20(34)11-9-19)24-6-5-7-26-23(31(24)36-30)14-15-27(35-26)32(39)40/h8-15,18,21-22H,5-7,16-17H2,1-4H3,(H,37,38)(H,39,40)/b13-12+/t21-,22-/m1/s1. The van der Waals surface area contributed by atoms with Crippen LogP contribution in [-0.2, 0) is 27.1 Å². The summed E-state index contributed by atoms with van der Waals surface area (Å²) >= 11 is 0. The van der Waals surface area contributed by atoms with Crippen LogP contribution < -0.4 is 0 Å². The second-order valence-electron chi connectivity index (χ2n) is 11.6. The number of carboxylic acid groups (broad SMARTS) is 2. The van der Waals surface area contributed by atoms with E-state index >= 15 is 0 Å². The monoisotopic (exact) mass is 574 g/mol. The molecule has 220 valence electrons. The SMILES string of the molecule is CC(C)c1nc2c(c(-c3ccc(F)cc3)c1/C=C/[C@@H]1C[C@H](CC(=O)O)OC(C)(C)O1)CCCc1nc(C(=O)O)ccc1-2. The first-order valence-corrected chi connectivity index (χ1v) is 14.2. The number of carboxylic acids is 2. The first-order chi connectivity index (χ1) is 19.9. The Labute approximate surface area is 244 Å². The van der Waals surface area contributed by atoms with Crippen molar-refractivity contribution < 1.29 is 33.7 Å². The molecule has 8 nitrogen and oxygen atoms in total. The number of aromatic nitrogens is 2. The summed E-state index contributed by atoms with van der Waals surface area (Å²) in [7, 11) is 0. The molecule has 1 aromatic carbocycles. The van der Waals surface area contributed by atoms with Crippen molar-refractivity contribution in [3.63, 3.8) is 0 Å². The zero-order valence-electron chi connectivity index (χ0n) is 24.2. The highest BCUT2D eigenvalue weighted by atomic mass is 19.1. The van der Waals surface area contributed by atoms with E-state index < -0.39 is 29.9 Å². The third-order valence-corrected chi connectivity index (χ3v) is 7.59. The lowest BCUT2D eigenvalue weighted by atomic mass is 9.86. The number of benzene rings is 1. The van der Waals surface area contributed by atoms with Crippen molar-refractivity contribution in [1.29, 1.82) is 0 Å². The molecule has 3 heterocycles. The molecule has 1 fully saturated rings. The van der Waals surface area contributed by atoms with E-state index in [2.05, 4.69) is 18.8 Å². The van der Waals surface area contributed by atoms with Crippen molar-refractivity contribution in [3.05, 3.63) is 76.5 Å². The number of aryl methyl sites for hydroxylation is 1. The lowest BCUT2D eigenvalue weighted by molar-refractivity contribution is -0.290. The molecule has 0 saturated carbocycles. The molecule has 0 amide bonds. The average Bonchev–Trinajstić information content (AvgIpc) is 3.09. The number of hydrogen-bond donors (Lipinski definition) is 2. The second kappa shape index (κ2) is 11.7. The number of pyridine rings is 2. The summed E-state index contributed by atoms with van der Waals surface area (Å²) < 4.78 is 26.1. The fourth-order valence-electron chi connectivity index (χ4n) is 5.93. The van der Waals surface area contributed by atoms with Gasteiger partial charge in [-0.3, -0.25) is 9.78 Å². The molecular weight excluding hydrogens is 539 g/mol. The molecule has 1 aliphatic carbocycles. The van der Waals surface area contributed by atoms with Crippen LogP contribution in [0.3, 0.4) is 0 Å². The Morgan fingerprint density at radius 1 is 1.07 bits per heavy atom. The molecular formula is C33H35FN2O6. The number of fused-ring (bicyclic) bond motifs is 3. The summed E-state index contributed by atoms with van der Waals surface area (Å²) in [4.78, 5) is 32.7. The Hall–Kier alpha value is -3.95. The van der Waals surface area contributed by atoms with Gasteiger partial charge < -0.3 is 19.7 Å². The van der Waals surface area contributed by atoms with Gasteiger partial charge in [-0.1, -0.05) is 38.1 Å². The summed E-state index contributed by atoms with van der Waals surface area (Å²) in [6, 6.07) is 9.71. The summed E-state index contributed by atoms with van der Waals surface area (Å²) in [5.74, 6) is -3.28. The van der Waals surface area contributed by atoms with Gasteiger partial charge in [0.25, 0.3) is 0 Å². The number of hydrogen-bond acceptors (Lipinski definition) is 6. The number of halogens is 1. The van der Waals surface area contributed by atoms with Gasteiger partial charge in [-0.15, -0.1) is 0 Å². The molecule has 2 aliphatic rings. The average molecular weight is 575 g/mol. The van der Waals surface area contributed by atoms with Crippen molar-refractivity contribution in [2.75, 3.05) is 0 Å². The van der Waals surface area contributed by atoms with E-state index in [1.54, 1.807) is 32.0 Å². The van der Waals surface area contributed by atoms with Crippen molar-refractivity contribution >= 4 is 18.0 Å². The van der Waals surface area contributed by atoms with Crippen molar-refractivity contribution in [1.82, 2.24) is 9.97 Å². The van der Waals surface area contributed by atoms with Gasteiger partial charge >= 0.3 is 11.9 Å². The van der Waals surface area contributed by atoms with Crippen LogP contribution in [0.25, 0.3) is 28.5 Å². The van der Waals surface area contributed by atoms with E-state index in [1.807, 2.05) is 12.2 Å². The molecule has 1 aliphatic heterocycles. The number of ether oxygens (including phenoxy) is 2. The summed E-state index contributed by atoms with van der Waals surface area (Å²) in [5, 5.41) is 18.9. The Morgan fingerprint density at radius 2 is 1.81 bits per heavy atom. The van der Waals surface area contributed by atoms with Gasteiger partial charge in [-0.05, 0) is 80.0 Å². The van der Waals surface area contributed by atoms with E-state index in [0.29, 0.717) is 25.0 Å². The first kappa shape index (κ1) is 29.5. The molecule has 42 heavy (non-hydrogen) atoms. The fraction of sp³-hybridized carbons (Fsp3) is 0.394. The largest absolute Gasteiger partial charge is 0.481 e. The Morgan fingerprint density at radius 3 is 2.48 bits per heavy atom. The number of rotatable bonds is 7. The van der Waals surface area contributed by atoms with Gasteiger partial charge in [0.05, 0.1) is 35.7 Å². The molecule has 0 bridgehead atoms. The Balaban J connectivity index is 1.69. The molecule has 5 rings (SSSR count). The number of aliphatic carboxylic acids is 1. The summed E-state index contributed by atoms with van der Waals surface area (Å²) in [5.41, 5.74) is 6.74. The molecule has 2 atom stereocenters. The predicted octanol–water partition coefficient (Wildman–Crippen LogP) is 6.66. The quantitative estimate of drug-likeness (QED) is 0.322. The number of carbonyl (C=O) groups is 2. The highest BCUT2D eigenvalue weighted by molar-refractivity contribution is 5.88. The minimum atomic E-state index is -1.07. The van der Waals surface area contributed by atoms with Gasteiger partial charge in [0.2, 0.25) is 0 Å². The first-order valence-electron chi connectivity index (χ1n) is 14.2. The Kier molecular flexibility index (Phi) is 8.25. The van der Waals surface area contributed by atoms with Gasteiger partial charge in [0.1, 0.15) is 11.5 Å². The Bertz CT molecular complexity index is 1550. The van der Waals surface area contributed by atoms with E-state index in [-0.39, 0.29) is 23.8 Å². The van der Waals surface area contributed by atoms with E-state index in [0.717, 1.165) is 45.6 Å². The van der Waals surface area contributed by atoms with Crippen LogP contribution in [0.2, 0.25) is 0 Å². The maximum Gasteiger partial charge on any atom is 0.354 e. The van der Waals surface area contributed by atoms with Crippen LogP contribution >= 0.6 is 0 Å². The lowest BCUT2D eigenvalue weighted by Gasteiger charge is -2.39. The molecule has 0 unspecified atom stereocenters. The summed E-state index contributed by atoms with van der Waals surface area (Å²) in [6.45, 7) is 7.66. The zero-order valence-corrected chi connectivity index (χ0v) is 24.2. The van der Waals surface area contributed by atoms with E-state index in [1.165, 1.54) is 18.2 Å². The topological polar surface area (TPSA) is 119 Å². The van der Waals surface area contributed by atoms with Crippen LogP contribution in [0.5, 0.6) is 0 Å². The van der Waals surface area contributed by atoms with Crippen LogP contribution in [0.4, 0.5) is 4.39 Å². The van der Waals surface area contributed by atoms with Crippen LogP contribution in [0, 0.1) is 5.82 Å². The van der Waals surface area contributed by atoms with Gasteiger partial charge in [-0.25, -0.2) is 14.2 Å². The molecule has 9 heteroatoms. The fourth-order valence-corrected chi connectivity index (χ4v) is 5.93. The normalized spacial score (nSPS) is 19.8. The van der Waals surface area contributed by atoms with Crippen LogP contribution in [0.1, 0.15) is 85.9 Å². The highest BCUT2D eigenvalue weighted by Crippen LogP contribution is 2.42. The molecule has 3 aromatic rings. The van der Waals surface area contributed by atoms with Crippen molar-refractivity contribution in [2.45, 2.75) is 83.7 Å². The van der Waals surface area contributed by atoms with Gasteiger partial charge in [-0.2, -0.15) is 0 Å². The summed E-state index contributed by atoms with van der Waals surface area (Å²) in [6.07, 6.45) is 5.33. The minimum Gasteiger partial charge on any atom is -0.481 e. The second-order valence-corrected chi connectivity index (χ2v) is 11.6. The number of aromatic carboxylic acids is 1.